The molecule has 0 unspecified atom stereocenters. The molecule has 0 bridgehead atoms. The zero-order valence-electron chi connectivity index (χ0n) is 10.6. The van der Waals surface area contributed by atoms with Crippen molar-refractivity contribution < 1.29 is 14.9 Å². The fourth-order valence-corrected chi connectivity index (χ4v) is 1.23. The Labute approximate surface area is 99.4 Å². The predicted molar refractivity (Wildman–Crippen MR) is 67.9 cm³/mol. The van der Waals surface area contributed by atoms with Crippen molar-refractivity contribution in [3.8, 4) is 0 Å². The van der Waals surface area contributed by atoms with Crippen molar-refractivity contribution in [2.45, 2.75) is 39.5 Å². The van der Waals surface area contributed by atoms with Crippen LogP contribution in [0.2, 0.25) is 0 Å². The van der Waals surface area contributed by atoms with Gasteiger partial charge in [0.2, 0.25) is 0 Å². The van der Waals surface area contributed by atoms with E-state index in [0.717, 1.165) is 25.7 Å². The summed E-state index contributed by atoms with van der Waals surface area (Å²) in [5.74, 6) is 0. The maximum Gasteiger partial charge on any atom is 0.0829 e. The first-order valence-corrected chi connectivity index (χ1v) is 5.75. The molecule has 3 nitrogen and oxygen atoms in total. The third-order valence-electron chi connectivity index (χ3n) is 2.67. The van der Waals surface area contributed by atoms with Crippen LogP contribution < -0.4 is 0 Å². The lowest BCUT2D eigenvalue weighted by atomic mass is 9.82. The van der Waals surface area contributed by atoms with Crippen LogP contribution in [0.25, 0.3) is 0 Å². The number of rotatable bonds is 8. The molecule has 0 aliphatic heterocycles. The van der Waals surface area contributed by atoms with Crippen molar-refractivity contribution in [3.63, 3.8) is 0 Å². The first-order chi connectivity index (χ1) is 7.66. The van der Waals surface area contributed by atoms with Crippen molar-refractivity contribution in [2.75, 3.05) is 13.2 Å². The Kier molecular flexibility index (Phi) is 13.5. The first-order valence-electron chi connectivity index (χ1n) is 5.75. The van der Waals surface area contributed by atoms with Gasteiger partial charge in [0.15, 0.2) is 0 Å². The van der Waals surface area contributed by atoms with E-state index in [1.165, 1.54) is 12.5 Å². The lowest BCUT2D eigenvalue weighted by molar-refractivity contribution is 0.0420. The fraction of sp³-hybridized carbons (Fsp3) is 0.692. The molecule has 0 spiro atoms. The molecule has 0 aromatic carbocycles. The average Bonchev–Trinajstić information content (AvgIpc) is 2.34. The summed E-state index contributed by atoms with van der Waals surface area (Å²) in [6, 6.07) is 0. The largest absolute Gasteiger partial charge is 0.474 e. The smallest absolute Gasteiger partial charge is 0.0829 e. The van der Waals surface area contributed by atoms with Crippen molar-refractivity contribution in [2.24, 2.45) is 5.41 Å². The van der Waals surface area contributed by atoms with Crippen LogP contribution in [0.3, 0.4) is 0 Å². The number of aliphatic hydroxyl groups excluding tert-OH is 2. The van der Waals surface area contributed by atoms with Gasteiger partial charge >= 0.3 is 0 Å². The Hall–Kier alpha value is -0.800. The standard InChI is InChI=1S/C9H20O2.C4H6O/c1-3-5-6-9(4-2,7-10)8-11;1-3-5-4-2/h10-11H,3-8H2,1-2H3;3-4H,1-2H2. The lowest BCUT2D eigenvalue weighted by Gasteiger charge is -2.27. The van der Waals surface area contributed by atoms with Crippen LogP contribution in [0, 0.1) is 5.41 Å². The fourth-order valence-electron chi connectivity index (χ4n) is 1.23. The van der Waals surface area contributed by atoms with Gasteiger partial charge in [0.05, 0.1) is 25.7 Å². The summed E-state index contributed by atoms with van der Waals surface area (Å²) in [5, 5.41) is 18.1. The summed E-state index contributed by atoms with van der Waals surface area (Å²) in [6.07, 6.45) is 6.64. The highest BCUT2D eigenvalue weighted by atomic mass is 16.5. The van der Waals surface area contributed by atoms with E-state index in [0.29, 0.717) is 0 Å². The highest BCUT2D eigenvalue weighted by Crippen LogP contribution is 2.27. The molecule has 0 amide bonds. The van der Waals surface area contributed by atoms with E-state index in [-0.39, 0.29) is 18.6 Å². The minimum atomic E-state index is -0.212. The van der Waals surface area contributed by atoms with Crippen LogP contribution >= 0.6 is 0 Å². The molecule has 0 radical (unpaired) electrons. The molecule has 16 heavy (non-hydrogen) atoms. The second-order valence-corrected chi connectivity index (χ2v) is 3.74. The summed E-state index contributed by atoms with van der Waals surface area (Å²) >= 11 is 0. The quantitative estimate of drug-likeness (QED) is 0.630. The van der Waals surface area contributed by atoms with E-state index < -0.39 is 0 Å². The van der Waals surface area contributed by atoms with Crippen molar-refractivity contribution in [3.05, 3.63) is 25.7 Å². The van der Waals surface area contributed by atoms with Gasteiger partial charge in [0.25, 0.3) is 0 Å². The van der Waals surface area contributed by atoms with E-state index in [9.17, 15) is 0 Å². The summed E-state index contributed by atoms with van der Waals surface area (Å²) in [4.78, 5) is 0. The SMILES string of the molecule is C=COC=C.CCCCC(CC)(CO)CO. The van der Waals surface area contributed by atoms with Crippen LogP contribution in [0.1, 0.15) is 39.5 Å². The first kappa shape index (κ1) is 17.6. The molecular formula is C13H26O3. The van der Waals surface area contributed by atoms with Gasteiger partial charge in [0, 0.05) is 5.41 Å². The third kappa shape index (κ3) is 8.50. The predicted octanol–water partition coefficient (Wildman–Crippen LogP) is 2.85. The number of aliphatic hydroxyl groups is 2. The van der Waals surface area contributed by atoms with Crippen LogP contribution in [-0.4, -0.2) is 23.4 Å². The van der Waals surface area contributed by atoms with Crippen molar-refractivity contribution in [1.29, 1.82) is 0 Å². The zero-order chi connectivity index (χ0) is 12.9. The Balaban J connectivity index is 0. The molecule has 0 aliphatic carbocycles. The van der Waals surface area contributed by atoms with Gasteiger partial charge in [-0.15, -0.1) is 0 Å². The van der Waals surface area contributed by atoms with Gasteiger partial charge in [-0.25, -0.2) is 0 Å². The van der Waals surface area contributed by atoms with Crippen LogP contribution in [0.4, 0.5) is 0 Å². The highest BCUT2D eigenvalue weighted by molar-refractivity contribution is 4.75. The minimum absolute atomic E-state index is 0.111. The van der Waals surface area contributed by atoms with Gasteiger partial charge in [-0.05, 0) is 12.8 Å². The molecule has 0 aliphatic rings. The molecule has 96 valence electrons. The third-order valence-corrected chi connectivity index (χ3v) is 2.67. The number of unbranched alkanes of at least 4 members (excludes halogenated alkanes) is 1. The molecule has 0 atom stereocenters. The number of ether oxygens (including phenoxy) is 1. The van der Waals surface area contributed by atoms with E-state index in [1.54, 1.807) is 0 Å². The topological polar surface area (TPSA) is 49.7 Å². The van der Waals surface area contributed by atoms with Crippen molar-refractivity contribution >= 4 is 0 Å². The minimum Gasteiger partial charge on any atom is -0.474 e. The van der Waals surface area contributed by atoms with Gasteiger partial charge in [0.1, 0.15) is 0 Å². The molecule has 0 heterocycles. The molecule has 0 rings (SSSR count). The maximum absolute atomic E-state index is 9.04. The summed E-state index contributed by atoms with van der Waals surface area (Å²) in [6.45, 7) is 10.9. The van der Waals surface area contributed by atoms with Gasteiger partial charge in [-0.1, -0.05) is 39.8 Å². The van der Waals surface area contributed by atoms with Gasteiger partial charge in [-0.3, -0.25) is 0 Å². The van der Waals surface area contributed by atoms with Crippen molar-refractivity contribution in [1.82, 2.24) is 0 Å². The highest BCUT2D eigenvalue weighted by Gasteiger charge is 2.25. The van der Waals surface area contributed by atoms with Crippen LogP contribution in [0.15, 0.2) is 25.7 Å². The maximum atomic E-state index is 9.04. The molecular weight excluding hydrogens is 204 g/mol. The molecule has 0 fully saturated rings. The summed E-state index contributed by atoms with van der Waals surface area (Å²) in [7, 11) is 0. The lowest BCUT2D eigenvalue weighted by Crippen LogP contribution is -2.28. The Bertz CT molecular complexity index is 148. The second kappa shape index (κ2) is 12.3. The molecule has 2 N–H and O–H groups in total. The Morgan fingerprint density at radius 2 is 1.62 bits per heavy atom. The summed E-state index contributed by atoms with van der Waals surface area (Å²) in [5.41, 5.74) is -0.212. The molecule has 0 aromatic heterocycles. The van der Waals surface area contributed by atoms with E-state index in [1.807, 2.05) is 6.92 Å². The Morgan fingerprint density at radius 1 is 1.12 bits per heavy atom. The average molecular weight is 230 g/mol. The summed E-state index contributed by atoms with van der Waals surface area (Å²) < 4.78 is 4.36. The zero-order valence-corrected chi connectivity index (χ0v) is 10.6. The Morgan fingerprint density at radius 3 is 1.81 bits per heavy atom. The van der Waals surface area contributed by atoms with Gasteiger partial charge in [-0.2, -0.15) is 0 Å². The number of hydrogen-bond donors (Lipinski definition) is 2. The second-order valence-electron chi connectivity index (χ2n) is 3.74. The van der Waals surface area contributed by atoms with E-state index in [4.69, 9.17) is 10.2 Å². The van der Waals surface area contributed by atoms with Gasteiger partial charge < -0.3 is 14.9 Å². The van der Waals surface area contributed by atoms with Crippen LogP contribution in [-0.2, 0) is 4.74 Å². The number of hydrogen-bond acceptors (Lipinski definition) is 3. The van der Waals surface area contributed by atoms with E-state index >= 15 is 0 Å². The van der Waals surface area contributed by atoms with Crippen LogP contribution in [0.5, 0.6) is 0 Å². The molecule has 0 saturated heterocycles. The van der Waals surface area contributed by atoms with E-state index in [2.05, 4.69) is 24.8 Å². The molecule has 3 heteroatoms. The molecule has 0 saturated carbocycles. The normalized spacial score (nSPS) is 10.0. The molecule has 0 aromatic rings. The monoisotopic (exact) mass is 230 g/mol.